The van der Waals surface area contributed by atoms with Crippen LogP contribution in [0.3, 0.4) is 0 Å². The van der Waals surface area contributed by atoms with Crippen LogP contribution in [0.25, 0.3) is 17.1 Å². The third-order valence-electron chi connectivity index (χ3n) is 7.77. The predicted octanol–water partition coefficient (Wildman–Crippen LogP) is 4.58. The Balaban J connectivity index is 0.991. The van der Waals surface area contributed by atoms with Crippen LogP contribution in [0, 0.1) is 20.8 Å². The summed E-state index contributed by atoms with van der Waals surface area (Å²) < 4.78 is 1.93. The lowest BCUT2D eigenvalue weighted by atomic mass is 9.86. The number of benzene rings is 1. The van der Waals surface area contributed by atoms with E-state index in [2.05, 4.69) is 84.9 Å². The number of H-pyrrole nitrogens is 1. The van der Waals surface area contributed by atoms with Crippen LogP contribution < -0.4 is 10.2 Å². The zero-order valence-corrected chi connectivity index (χ0v) is 22.9. The first-order valence-electron chi connectivity index (χ1n) is 13.7. The molecule has 8 rings (SSSR count). The fourth-order valence-corrected chi connectivity index (χ4v) is 5.73. The number of fused-ring (bicyclic) bond motifs is 2. The predicted molar refractivity (Wildman–Crippen MR) is 155 cm³/mol. The SMILES string of the molecule is Cc1cnn(-c2ccc(CN3C4CC3CN(c3ccc(-c5nc(C)cc(Nc6cc(C)[nH]n6)n5)cn3)C4)cc2)c1. The molecule has 40 heavy (non-hydrogen) atoms. The molecule has 2 unspecified atom stereocenters. The van der Waals surface area contributed by atoms with Crippen molar-refractivity contribution in [3.8, 4) is 17.1 Å². The number of piperidine rings is 1. The van der Waals surface area contributed by atoms with Gasteiger partial charge in [-0.15, -0.1) is 0 Å². The second-order valence-electron chi connectivity index (χ2n) is 10.9. The summed E-state index contributed by atoms with van der Waals surface area (Å²) in [6.07, 6.45) is 7.07. The fourth-order valence-electron chi connectivity index (χ4n) is 5.73. The van der Waals surface area contributed by atoms with Gasteiger partial charge in [-0.3, -0.25) is 10.00 Å². The highest BCUT2D eigenvalue weighted by atomic mass is 15.4. The van der Waals surface area contributed by atoms with Crippen LogP contribution in [0.5, 0.6) is 0 Å². The minimum Gasteiger partial charge on any atom is -0.353 e. The smallest absolute Gasteiger partial charge is 0.163 e. The molecular weight excluding hydrogens is 500 g/mol. The van der Waals surface area contributed by atoms with Gasteiger partial charge in [-0.05, 0) is 62.6 Å². The van der Waals surface area contributed by atoms with E-state index in [9.17, 15) is 0 Å². The van der Waals surface area contributed by atoms with E-state index in [0.29, 0.717) is 23.7 Å². The van der Waals surface area contributed by atoms with Crippen molar-refractivity contribution >= 4 is 17.5 Å². The maximum atomic E-state index is 4.81. The van der Waals surface area contributed by atoms with Crippen molar-refractivity contribution in [1.29, 1.82) is 0 Å². The van der Waals surface area contributed by atoms with E-state index in [0.717, 1.165) is 59.5 Å². The third kappa shape index (κ3) is 4.82. The summed E-state index contributed by atoms with van der Waals surface area (Å²) in [5, 5.41) is 14.8. The molecule has 0 amide bonds. The largest absolute Gasteiger partial charge is 0.353 e. The molecule has 10 nitrogen and oxygen atoms in total. The Morgan fingerprint density at radius 2 is 1.75 bits per heavy atom. The summed E-state index contributed by atoms with van der Waals surface area (Å²) in [7, 11) is 0. The van der Waals surface area contributed by atoms with Crippen molar-refractivity contribution in [3.05, 3.63) is 89.6 Å². The maximum Gasteiger partial charge on any atom is 0.163 e. The van der Waals surface area contributed by atoms with E-state index in [1.54, 1.807) is 0 Å². The third-order valence-corrected chi connectivity index (χ3v) is 7.77. The van der Waals surface area contributed by atoms with Gasteiger partial charge in [0.2, 0.25) is 0 Å². The number of hydrogen-bond acceptors (Lipinski definition) is 8. The monoisotopic (exact) mass is 532 g/mol. The minimum absolute atomic E-state index is 0.549. The molecule has 3 aliphatic heterocycles. The van der Waals surface area contributed by atoms with Crippen LogP contribution in [-0.2, 0) is 6.54 Å². The van der Waals surface area contributed by atoms with Crippen molar-refractivity contribution in [2.75, 3.05) is 23.3 Å². The molecule has 0 spiro atoms. The van der Waals surface area contributed by atoms with Gasteiger partial charge in [-0.1, -0.05) is 12.1 Å². The van der Waals surface area contributed by atoms with Crippen LogP contribution in [0.1, 0.15) is 28.9 Å². The normalized spacial score (nSPS) is 18.5. The lowest BCUT2D eigenvalue weighted by Crippen LogP contribution is -2.68. The van der Waals surface area contributed by atoms with Crippen LogP contribution in [-0.4, -0.2) is 65.0 Å². The number of hydrogen-bond donors (Lipinski definition) is 2. The zero-order chi connectivity index (χ0) is 27.2. The number of aromatic amines is 1. The zero-order valence-electron chi connectivity index (χ0n) is 22.9. The van der Waals surface area contributed by atoms with Gasteiger partial charge in [0.1, 0.15) is 11.6 Å². The van der Waals surface area contributed by atoms with Crippen molar-refractivity contribution < 1.29 is 0 Å². The standard InChI is InChI=1S/C30H32N10/c1-19-13-32-40(15-19)24-7-4-22(5-8-24)16-39-25-12-26(39)18-38(17-25)29-9-6-23(14-31-29)30-33-20(2)10-27(35-30)34-28-11-21(3)36-37-28/h4-11,13-15,25-26H,12,16-18H2,1-3H3,(H2,33,34,35,36,37). The van der Waals surface area contributed by atoms with E-state index in [-0.39, 0.29) is 0 Å². The molecule has 0 saturated carbocycles. The number of rotatable bonds is 7. The van der Waals surface area contributed by atoms with Gasteiger partial charge < -0.3 is 10.2 Å². The van der Waals surface area contributed by atoms with E-state index in [1.165, 1.54) is 12.0 Å². The van der Waals surface area contributed by atoms with Crippen molar-refractivity contribution in [2.24, 2.45) is 0 Å². The molecule has 2 N–H and O–H groups in total. The van der Waals surface area contributed by atoms with E-state index < -0.39 is 0 Å². The van der Waals surface area contributed by atoms with Crippen molar-refractivity contribution in [1.82, 2.24) is 39.8 Å². The van der Waals surface area contributed by atoms with Gasteiger partial charge in [-0.25, -0.2) is 19.6 Å². The molecule has 3 fully saturated rings. The van der Waals surface area contributed by atoms with Gasteiger partial charge in [0.05, 0.1) is 11.9 Å². The molecule has 202 valence electrons. The molecule has 0 radical (unpaired) electrons. The van der Waals surface area contributed by atoms with Gasteiger partial charge >= 0.3 is 0 Å². The minimum atomic E-state index is 0.549. The Labute approximate surface area is 233 Å². The number of piperazine rings is 1. The van der Waals surface area contributed by atoms with Crippen LogP contribution in [0.4, 0.5) is 17.5 Å². The average Bonchev–Trinajstić information content (AvgIpc) is 3.59. The van der Waals surface area contributed by atoms with Gasteiger partial charge in [0.15, 0.2) is 11.6 Å². The Kier molecular flexibility index (Phi) is 6.04. The molecule has 2 atom stereocenters. The second kappa shape index (κ2) is 9.87. The van der Waals surface area contributed by atoms with Crippen LogP contribution in [0.15, 0.2) is 67.1 Å². The highest BCUT2D eigenvalue weighted by molar-refractivity contribution is 5.61. The molecule has 10 heteroatoms. The molecule has 1 aromatic carbocycles. The molecule has 3 saturated heterocycles. The fraction of sp³-hybridized carbons (Fsp3) is 0.300. The van der Waals surface area contributed by atoms with E-state index in [4.69, 9.17) is 9.97 Å². The second-order valence-corrected chi connectivity index (χ2v) is 10.9. The molecule has 0 aliphatic carbocycles. The number of anilines is 3. The number of nitrogens with zero attached hydrogens (tertiary/aromatic N) is 8. The first-order valence-corrected chi connectivity index (χ1v) is 13.7. The first kappa shape index (κ1) is 24.5. The number of aryl methyl sites for hydroxylation is 3. The van der Waals surface area contributed by atoms with E-state index in [1.807, 2.05) is 43.1 Å². The Morgan fingerprint density at radius 1 is 0.925 bits per heavy atom. The molecule has 3 aliphatic rings. The summed E-state index contributed by atoms with van der Waals surface area (Å²) in [6.45, 7) is 8.96. The van der Waals surface area contributed by atoms with Crippen LogP contribution >= 0.6 is 0 Å². The summed E-state index contributed by atoms with van der Waals surface area (Å²) in [5.41, 5.74) is 6.36. The molecule has 7 heterocycles. The summed E-state index contributed by atoms with van der Waals surface area (Å²) >= 11 is 0. The summed E-state index contributed by atoms with van der Waals surface area (Å²) in [4.78, 5) is 19.2. The first-order chi connectivity index (χ1) is 19.5. The Bertz CT molecular complexity index is 1620. The highest BCUT2D eigenvalue weighted by Crippen LogP contribution is 2.35. The maximum absolute atomic E-state index is 4.81. The van der Waals surface area contributed by atoms with Crippen molar-refractivity contribution in [3.63, 3.8) is 0 Å². The summed E-state index contributed by atoms with van der Waals surface area (Å²) in [5.74, 6) is 3.10. The van der Waals surface area contributed by atoms with Crippen molar-refractivity contribution in [2.45, 2.75) is 45.8 Å². The number of nitrogens with one attached hydrogen (secondary N) is 2. The lowest BCUT2D eigenvalue weighted by molar-refractivity contribution is -0.00867. The van der Waals surface area contributed by atoms with Gasteiger partial charge in [-0.2, -0.15) is 10.2 Å². The molecule has 5 aromatic rings. The van der Waals surface area contributed by atoms with Gasteiger partial charge in [0, 0.05) is 73.2 Å². The number of pyridine rings is 1. The molecule has 2 bridgehead atoms. The Hall–Kier alpha value is -4.57. The molecule has 4 aromatic heterocycles. The van der Waals surface area contributed by atoms with E-state index >= 15 is 0 Å². The Morgan fingerprint density at radius 3 is 2.42 bits per heavy atom. The van der Waals surface area contributed by atoms with Crippen LogP contribution in [0.2, 0.25) is 0 Å². The topological polar surface area (TPSA) is 104 Å². The average molecular weight is 533 g/mol. The lowest BCUT2D eigenvalue weighted by Gasteiger charge is -2.56. The number of aromatic nitrogens is 7. The highest BCUT2D eigenvalue weighted by Gasteiger charge is 2.44. The molecular formula is C30H32N10. The quantitative estimate of drug-likeness (QED) is 0.314. The summed E-state index contributed by atoms with van der Waals surface area (Å²) in [6, 6.07) is 17.9. The van der Waals surface area contributed by atoms with Gasteiger partial charge in [0.25, 0.3) is 0 Å².